The Balaban J connectivity index is 1.61. The molecule has 0 aliphatic heterocycles. The van der Waals surface area contributed by atoms with Gasteiger partial charge in [0.1, 0.15) is 5.82 Å². The summed E-state index contributed by atoms with van der Waals surface area (Å²) in [6, 6.07) is 17.4. The molecule has 0 radical (unpaired) electrons. The second kappa shape index (κ2) is 8.99. The van der Waals surface area contributed by atoms with E-state index >= 15 is 0 Å². The number of nitrogens with zero attached hydrogens (tertiary/aromatic N) is 4. The van der Waals surface area contributed by atoms with E-state index in [0.29, 0.717) is 10.4 Å². The SMILES string of the molecule is Cc1cc(C=Nn2c(C3CCCCC3)nc3ccccc3c2=O)c(C)n1-c1cccc(Cl)c1. The molecule has 6 heteroatoms. The van der Waals surface area contributed by atoms with Crippen LogP contribution in [0.3, 0.4) is 0 Å². The molecule has 0 unspecified atom stereocenters. The van der Waals surface area contributed by atoms with Gasteiger partial charge in [-0.15, -0.1) is 0 Å². The van der Waals surface area contributed by atoms with Gasteiger partial charge >= 0.3 is 0 Å². The van der Waals surface area contributed by atoms with Crippen LogP contribution in [0.15, 0.2) is 64.5 Å². The minimum absolute atomic E-state index is 0.110. The van der Waals surface area contributed by atoms with E-state index in [1.54, 1.807) is 6.21 Å². The van der Waals surface area contributed by atoms with Crippen molar-refractivity contribution in [2.75, 3.05) is 0 Å². The van der Waals surface area contributed by atoms with Gasteiger partial charge in [-0.25, -0.2) is 4.98 Å². The van der Waals surface area contributed by atoms with Crippen molar-refractivity contribution in [1.82, 2.24) is 14.2 Å². The lowest BCUT2D eigenvalue weighted by molar-refractivity contribution is 0.416. The van der Waals surface area contributed by atoms with Crippen molar-refractivity contribution >= 4 is 28.7 Å². The van der Waals surface area contributed by atoms with Crippen LogP contribution in [0.1, 0.15) is 60.8 Å². The summed E-state index contributed by atoms with van der Waals surface area (Å²) in [6.45, 7) is 4.11. The van der Waals surface area contributed by atoms with Gasteiger partial charge in [-0.1, -0.05) is 49.1 Å². The zero-order valence-electron chi connectivity index (χ0n) is 19.0. The second-order valence-electron chi connectivity index (χ2n) is 8.83. The molecule has 0 amide bonds. The Morgan fingerprint density at radius 3 is 2.61 bits per heavy atom. The molecule has 33 heavy (non-hydrogen) atoms. The molecule has 1 aliphatic rings. The lowest BCUT2D eigenvalue weighted by atomic mass is 9.88. The molecule has 0 atom stereocenters. The average molecular weight is 459 g/mol. The quantitative estimate of drug-likeness (QED) is 0.333. The van der Waals surface area contributed by atoms with E-state index in [1.807, 2.05) is 48.5 Å². The van der Waals surface area contributed by atoms with Crippen LogP contribution < -0.4 is 5.56 Å². The average Bonchev–Trinajstić information content (AvgIpc) is 3.11. The van der Waals surface area contributed by atoms with E-state index in [-0.39, 0.29) is 11.5 Å². The summed E-state index contributed by atoms with van der Waals surface area (Å²) in [5, 5.41) is 6.00. The fourth-order valence-electron chi connectivity index (χ4n) is 4.93. The maximum absolute atomic E-state index is 13.4. The molecule has 168 valence electrons. The zero-order valence-corrected chi connectivity index (χ0v) is 19.7. The number of para-hydroxylation sites is 1. The van der Waals surface area contributed by atoms with Gasteiger partial charge in [0.05, 0.1) is 17.1 Å². The normalized spacial score (nSPS) is 15.0. The first-order valence-corrected chi connectivity index (χ1v) is 11.9. The summed E-state index contributed by atoms with van der Waals surface area (Å²) in [4.78, 5) is 18.3. The Hall–Kier alpha value is -3.18. The number of hydrogen-bond donors (Lipinski definition) is 0. The molecule has 2 aromatic heterocycles. The van der Waals surface area contributed by atoms with Crippen molar-refractivity contribution in [1.29, 1.82) is 0 Å². The van der Waals surface area contributed by atoms with Gasteiger partial charge in [0, 0.05) is 33.6 Å². The fraction of sp³-hybridized carbons (Fsp3) is 0.296. The third-order valence-electron chi connectivity index (χ3n) is 6.60. The van der Waals surface area contributed by atoms with Crippen molar-refractivity contribution in [3.8, 4) is 5.69 Å². The van der Waals surface area contributed by atoms with E-state index in [9.17, 15) is 4.79 Å². The van der Waals surface area contributed by atoms with E-state index in [0.717, 1.165) is 59.7 Å². The van der Waals surface area contributed by atoms with Gasteiger partial charge in [0.25, 0.3) is 5.56 Å². The van der Waals surface area contributed by atoms with Crippen LogP contribution in [-0.2, 0) is 0 Å². The summed E-state index contributed by atoms with van der Waals surface area (Å²) in [5.41, 5.74) is 4.72. The molecule has 2 aromatic carbocycles. The highest BCUT2D eigenvalue weighted by atomic mass is 35.5. The maximum Gasteiger partial charge on any atom is 0.282 e. The molecule has 1 saturated carbocycles. The van der Waals surface area contributed by atoms with E-state index < -0.39 is 0 Å². The monoisotopic (exact) mass is 458 g/mol. The van der Waals surface area contributed by atoms with E-state index in [1.165, 1.54) is 11.1 Å². The zero-order chi connectivity index (χ0) is 22.9. The summed E-state index contributed by atoms with van der Waals surface area (Å²) in [6.07, 6.45) is 7.45. The van der Waals surface area contributed by atoms with Crippen LogP contribution in [0.5, 0.6) is 0 Å². The highest BCUT2D eigenvalue weighted by molar-refractivity contribution is 6.30. The minimum atomic E-state index is -0.110. The lowest BCUT2D eigenvalue weighted by Crippen LogP contribution is -2.25. The third-order valence-corrected chi connectivity index (χ3v) is 6.83. The van der Waals surface area contributed by atoms with Crippen molar-refractivity contribution in [2.45, 2.75) is 51.9 Å². The third kappa shape index (κ3) is 4.13. The van der Waals surface area contributed by atoms with Crippen LogP contribution in [0.4, 0.5) is 0 Å². The van der Waals surface area contributed by atoms with Crippen molar-refractivity contribution in [2.24, 2.45) is 5.10 Å². The molecular weight excluding hydrogens is 432 g/mol. The number of hydrogen-bond acceptors (Lipinski definition) is 3. The smallest absolute Gasteiger partial charge is 0.282 e. The highest BCUT2D eigenvalue weighted by Gasteiger charge is 2.22. The fourth-order valence-corrected chi connectivity index (χ4v) is 5.11. The Kier molecular flexibility index (Phi) is 5.90. The van der Waals surface area contributed by atoms with Gasteiger partial charge in [-0.05, 0) is 63.1 Å². The molecule has 0 spiro atoms. The van der Waals surface area contributed by atoms with Crippen molar-refractivity contribution in [3.05, 3.63) is 92.7 Å². The molecule has 4 aromatic rings. The molecule has 5 rings (SSSR count). The summed E-state index contributed by atoms with van der Waals surface area (Å²) in [7, 11) is 0. The Morgan fingerprint density at radius 2 is 1.82 bits per heavy atom. The van der Waals surface area contributed by atoms with Gasteiger partial charge in [-0.2, -0.15) is 9.78 Å². The van der Waals surface area contributed by atoms with Crippen LogP contribution >= 0.6 is 11.6 Å². The van der Waals surface area contributed by atoms with Gasteiger partial charge in [0.15, 0.2) is 0 Å². The van der Waals surface area contributed by atoms with Gasteiger partial charge in [-0.3, -0.25) is 4.79 Å². The number of benzene rings is 2. The standard InChI is InChI=1S/C27H27ClN4O/c1-18-15-21(19(2)31(18)23-12-8-11-22(28)16-23)17-29-32-26(20-9-4-3-5-10-20)30-25-14-7-6-13-24(25)27(32)33/h6-8,11-17,20H,3-5,9-10H2,1-2H3. The van der Waals surface area contributed by atoms with Gasteiger partial charge < -0.3 is 4.57 Å². The highest BCUT2D eigenvalue weighted by Crippen LogP contribution is 2.32. The molecule has 0 N–H and O–H groups in total. The number of aryl methyl sites for hydroxylation is 1. The molecule has 0 bridgehead atoms. The molecule has 1 aliphatic carbocycles. The molecule has 0 saturated heterocycles. The van der Waals surface area contributed by atoms with Crippen LogP contribution in [-0.4, -0.2) is 20.4 Å². The first-order chi connectivity index (χ1) is 16.0. The Labute approximate surface area is 198 Å². The van der Waals surface area contributed by atoms with E-state index in [4.69, 9.17) is 21.7 Å². The largest absolute Gasteiger partial charge is 0.318 e. The van der Waals surface area contributed by atoms with Crippen LogP contribution in [0, 0.1) is 13.8 Å². The predicted molar refractivity (Wildman–Crippen MR) is 135 cm³/mol. The Bertz CT molecular complexity index is 1410. The molecule has 1 fully saturated rings. The first-order valence-electron chi connectivity index (χ1n) is 11.5. The number of aromatic nitrogens is 3. The summed E-state index contributed by atoms with van der Waals surface area (Å²) < 4.78 is 3.68. The van der Waals surface area contributed by atoms with Crippen LogP contribution in [0.2, 0.25) is 5.02 Å². The molecule has 2 heterocycles. The van der Waals surface area contributed by atoms with Gasteiger partial charge in [0.2, 0.25) is 0 Å². The van der Waals surface area contributed by atoms with Crippen LogP contribution in [0.25, 0.3) is 16.6 Å². The topological polar surface area (TPSA) is 52.2 Å². The Morgan fingerprint density at radius 1 is 1.03 bits per heavy atom. The maximum atomic E-state index is 13.4. The predicted octanol–water partition coefficient (Wildman–Crippen LogP) is 6.39. The first kappa shape index (κ1) is 21.7. The molecule has 5 nitrogen and oxygen atoms in total. The minimum Gasteiger partial charge on any atom is -0.318 e. The summed E-state index contributed by atoms with van der Waals surface area (Å²) in [5.74, 6) is 1.03. The summed E-state index contributed by atoms with van der Waals surface area (Å²) >= 11 is 6.22. The number of rotatable bonds is 4. The lowest BCUT2D eigenvalue weighted by Gasteiger charge is -2.22. The number of fused-ring (bicyclic) bond motifs is 1. The molecular formula is C27H27ClN4O. The van der Waals surface area contributed by atoms with Crippen molar-refractivity contribution < 1.29 is 0 Å². The van der Waals surface area contributed by atoms with E-state index in [2.05, 4.69) is 24.5 Å². The second-order valence-corrected chi connectivity index (χ2v) is 9.26. The van der Waals surface area contributed by atoms with Crippen molar-refractivity contribution in [3.63, 3.8) is 0 Å². The number of halogens is 1.